The van der Waals surface area contributed by atoms with Gasteiger partial charge in [0.25, 0.3) is 0 Å². The summed E-state index contributed by atoms with van der Waals surface area (Å²) in [5.74, 6) is -0.0882. The first-order valence-corrected chi connectivity index (χ1v) is 5.31. The van der Waals surface area contributed by atoms with Gasteiger partial charge in [0, 0.05) is 23.7 Å². The molecule has 6 heteroatoms. The van der Waals surface area contributed by atoms with Crippen molar-refractivity contribution in [2.45, 2.75) is 24.8 Å². The standard InChI is InChI=1S/C11H12N2O3.Li/c14-10(15)7-5-8-9(12-6-7)13-11(1-2-11)3-4-16-8;/h5-6H,1-4H2,(H,12,13)(H,14,15);/q;+1/p-1. The van der Waals surface area contributed by atoms with Gasteiger partial charge in [-0.2, -0.15) is 0 Å². The van der Waals surface area contributed by atoms with Gasteiger partial charge >= 0.3 is 18.9 Å². The Balaban J connectivity index is 0.00000108. The van der Waals surface area contributed by atoms with Gasteiger partial charge in [-0.25, -0.2) is 4.98 Å². The van der Waals surface area contributed by atoms with Crippen LogP contribution < -0.4 is 34.0 Å². The minimum atomic E-state index is -1.23. The molecule has 84 valence electrons. The summed E-state index contributed by atoms with van der Waals surface area (Å²) in [6.07, 6.45) is 4.48. The van der Waals surface area contributed by atoms with Crippen LogP contribution in [-0.2, 0) is 0 Å². The summed E-state index contributed by atoms with van der Waals surface area (Å²) < 4.78 is 5.50. The van der Waals surface area contributed by atoms with E-state index in [0.29, 0.717) is 18.2 Å². The van der Waals surface area contributed by atoms with E-state index in [1.165, 1.54) is 12.3 Å². The van der Waals surface area contributed by atoms with Gasteiger partial charge in [-0.15, -0.1) is 0 Å². The van der Waals surface area contributed by atoms with Crippen LogP contribution in [0.5, 0.6) is 5.75 Å². The van der Waals surface area contributed by atoms with Crippen LogP contribution in [0.2, 0.25) is 0 Å². The van der Waals surface area contributed by atoms with Crippen LogP contribution in [0.15, 0.2) is 12.3 Å². The molecule has 1 saturated carbocycles. The monoisotopic (exact) mass is 226 g/mol. The van der Waals surface area contributed by atoms with E-state index >= 15 is 0 Å². The Morgan fingerprint density at radius 2 is 2.24 bits per heavy atom. The Hall–Kier alpha value is -1.18. The molecule has 0 bridgehead atoms. The first-order chi connectivity index (χ1) is 7.69. The molecule has 1 fully saturated rings. The minimum absolute atomic E-state index is 0. The first-order valence-electron chi connectivity index (χ1n) is 5.31. The number of pyridine rings is 1. The average molecular weight is 226 g/mol. The molecule has 3 rings (SSSR count). The molecule has 0 amide bonds. The number of nitrogens with zero attached hydrogens (tertiary/aromatic N) is 1. The number of fused-ring (bicyclic) bond motifs is 1. The SMILES string of the molecule is O=C([O-])c1cnc2c(c1)OCCC1(CC1)N2.[Li+]. The zero-order valence-corrected chi connectivity index (χ0v) is 9.66. The molecule has 17 heavy (non-hydrogen) atoms. The molecule has 0 aromatic carbocycles. The molecule has 0 atom stereocenters. The number of hydrogen-bond donors (Lipinski definition) is 1. The maximum absolute atomic E-state index is 10.7. The molecule has 1 aliphatic heterocycles. The number of rotatable bonds is 1. The van der Waals surface area contributed by atoms with E-state index in [1.807, 2.05) is 0 Å². The second-order valence-corrected chi connectivity index (χ2v) is 4.36. The van der Waals surface area contributed by atoms with Crippen molar-refractivity contribution < 1.29 is 33.5 Å². The normalized spacial score (nSPS) is 19.1. The minimum Gasteiger partial charge on any atom is -0.545 e. The van der Waals surface area contributed by atoms with E-state index < -0.39 is 5.97 Å². The fourth-order valence-corrected chi connectivity index (χ4v) is 1.96. The first kappa shape index (κ1) is 12.3. The molecular formula is C11H11LiN2O3. The Kier molecular flexibility index (Phi) is 3.07. The second kappa shape index (κ2) is 4.24. The van der Waals surface area contributed by atoms with Gasteiger partial charge < -0.3 is 20.0 Å². The summed E-state index contributed by atoms with van der Waals surface area (Å²) in [7, 11) is 0. The molecule has 2 heterocycles. The molecule has 0 unspecified atom stereocenters. The number of carbonyl (C=O) groups is 1. The summed E-state index contributed by atoms with van der Waals surface area (Å²) in [4.78, 5) is 14.8. The Labute approximate surface area is 111 Å². The molecule has 1 spiro atoms. The van der Waals surface area contributed by atoms with Gasteiger partial charge in [0.15, 0.2) is 11.6 Å². The van der Waals surface area contributed by atoms with Gasteiger partial charge in [0.05, 0.1) is 12.6 Å². The van der Waals surface area contributed by atoms with E-state index in [-0.39, 0.29) is 30.0 Å². The zero-order valence-electron chi connectivity index (χ0n) is 9.66. The Bertz CT molecular complexity index is 460. The van der Waals surface area contributed by atoms with Crippen molar-refractivity contribution in [1.29, 1.82) is 0 Å². The number of carboxylic acids is 1. The third-order valence-electron chi connectivity index (χ3n) is 3.16. The van der Waals surface area contributed by atoms with Crippen molar-refractivity contribution in [1.82, 2.24) is 4.98 Å². The second-order valence-electron chi connectivity index (χ2n) is 4.36. The van der Waals surface area contributed by atoms with E-state index in [0.717, 1.165) is 19.3 Å². The molecule has 2 aliphatic rings. The quantitative estimate of drug-likeness (QED) is 0.523. The summed E-state index contributed by atoms with van der Waals surface area (Å²) in [6.45, 7) is 0.595. The number of nitrogens with one attached hydrogen (secondary N) is 1. The third kappa shape index (κ3) is 2.26. The summed E-state index contributed by atoms with van der Waals surface area (Å²) in [5.41, 5.74) is 0.189. The van der Waals surface area contributed by atoms with Crippen molar-refractivity contribution in [2.75, 3.05) is 11.9 Å². The number of aromatic nitrogens is 1. The molecule has 1 aliphatic carbocycles. The van der Waals surface area contributed by atoms with Crippen molar-refractivity contribution in [3.63, 3.8) is 0 Å². The van der Waals surface area contributed by atoms with E-state index in [4.69, 9.17) is 4.74 Å². The number of anilines is 1. The van der Waals surface area contributed by atoms with Gasteiger partial charge in [0.1, 0.15) is 0 Å². The Morgan fingerprint density at radius 1 is 1.47 bits per heavy atom. The van der Waals surface area contributed by atoms with Crippen LogP contribution in [-0.4, -0.2) is 23.1 Å². The summed E-state index contributed by atoms with van der Waals surface area (Å²) >= 11 is 0. The fourth-order valence-electron chi connectivity index (χ4n) is 1.96. The van der Waals surface area contributed by atoms with Gasteiger partial charge in [0.2, 0.25) is 0 Å². The fraction of sp³-hybridized carbons (Fsp3) is 0.455. The van der Waals surface area contributed by atoms with Crippen LogP contribution >= 0.6 is 0 Å². The van der Waals surface area contributed by atoms with Crippen molar-refractivity contribution in [2.24, 2.45) is 0 Å². The molecular weight excluding hydrogens is 215 g/mol. The number of carboxylic acid groups (broad SMARTS) is 1. The van der Waals surface area contributed by atoms with Gasteiger partial charge in [-0.1, -0.05) is 0 Å². The van der Waals surface area contributed by atoms with E-state index in [1.54, 1.807) is 0 Å². The Morgan fingerprint density at radius 3 is 2.88 bits per heavy atom. The van der Waals surface area contributed by atoms with Crippen LogP contribution in [0, 0.1) is 0 Å². The number of ether oxygens (including phenoxy) is 1. The summed E-state index contributed by atoms with van der Waals surface area (Å²) in [6, 6.07) is 1.46. The third-order valence-corrected chi connectivity index (χ3v) is 3.16. The van der Waals surface area contributed by atoms with Gasteiger partial charge in [-0.3, -0.25) is 0 Å². The molecule has 1 aromatic rings. The molecule has 0 saturated heterocycles. The molecule has 0 radical (unpaired) electrons. The van der Waals surface area contributed by atoms with Crippen molar-refractivity contribution >= 4 is 11.8 Å². The maximum Gasteiger partial charge on any atom is 1.00 e. The number of hydrogen-bond acceptors (Lipinski definition) is 5. The van der Waals surface area contributed by atoms with Crippen LogP contribution in [0.1, 0.15) is 29.6 Å². The van der Waals surface area contributed by atoms with Crippen LogP contribution in [0.4, 0.5) is 5.82 Å². The van der Waals surface area contributed by atoms with Crippen molar-refractivity contribution in [3.05, 3.63) is 17.8 Å². The van der Waals surface area contributed by atoms with E-state index in [9.17, 15) is 9.90 Å². The smallest absolute Gasteiger partial charge is 0.545 e. The predicted octanol–water partition coefficient (Wildman–Crippen LogP) is -2.82. The predicted molar refractivity (Wildman–Crippen MR) is 54.3 cm³/mol. The number of carbonyl (C=O) groups excluding carboxylic acids is 1. The van der Waals surface area contributed by atoms with Gasteiger partial charge in [-0.05, 0) is 18.9 Å². The maximum atomic E-state index is 10.7. The zero-order chi connectivity index (χ0) is 11.2. The topological polar surface area (TPSA) is 74.3 Å². The van der Waals surface area contributed by atoms with Crippen LogP contribution in [0.3, 0.4) is 0 Å². The van der Waals surface area contributed by atoms with E-state index in [2.05, 4.69) is 10.3 Å². The molecule has 1 N–H and O–H groups in total. The molecule has 1 aromatic heterocycles. The van der Waals surface area contributed by atoms with Crippen molar-refractivity contribution in [3.8, 4) is 5.75 Å². The van der Waals surface area contributed by atoms with Crippen LogP contribution in [0.25, 0.3) is 0 Å². The average Bonchev–Trinajstić information content (AvgIpc) is 3.03. The molecule has 5 nitrogen and oxygen atoms in total. The summed E-state index contributed by atoms with van der Waals surface area (Å²) in [5, 5.41) is 14.0. The number of aromatic carboxylic acids is 1. The largest absolute Gasteiger partial charge is 1.00 e.